The number of aryl methyl sites for hydroxylation is 1. The number of piperidine rings is 1. The molecule has 23 heavy (non-hydrogen) atoms. The molecule has 0 atom stereocenters. The SMILES string of the molecule is Cc1cc(N2CC(c3ccc(F)cc3)=C3CCCCN32)ccn1. The predicted octanol–water partition coefficient (Wildman–Crippen LogP) is 4.16. The molecule has 3 heterocycles. The van der Waals surface area contributed by atoms with Gasteiger partial charge < -0.3 is 0 Å². The largest absolute Gasteiger partial charge is 0.289 e. The van der Waals surface area contributed by atoms with Crippen molar-refractivity contribution in [2.24, 2.45) is 0 Å². The highest BCUT2D eigenvalue weighted by Gasteiger charge is 2.32. The third-order valence-electron chi connectivity index (χ3n) is 4.66. The molecule has 1 aromatic carbocycles. The second-order valence-corrected chi connectivity index (χ2v) is 6.23. The molecule has 0 bridgehead atoms. The lowest BCUT2D eigenvalue weighted by atomic mass is 10.00. The van der Waals surface area contributed by atoms with Gasteiger partial charge in [0.05, 0.1) is 12.2 Å². The molecule has 0 spiro atoms. The standard InChI is InChI=1S/C19H20FN3/c1-14-12-17(9-10-21-14)23-13-18(15-5-7-16(20)8-6-15)19-4-2-3-11-22(19)23/h5-10,12H,2-4,11,13H2,1H3. The summed E-state index contributed by atoms with van der Waals surface area (Å²) in [5.41, 5.74) is 6.03. The number of hydrogen-bond acceptors (Lipinski definition) is 3. The molecule has 2 aliphatic rings. The van der Waals surface area contributed by atoms with Gasteiger partial charge in [-0.15, -0.1) is 0 Å². The van der Waals surface area contributed by atoms with Crippen molar-refractivity contribution >= 4 is 11.3 Å². The van der Waals surface area contributed by atoms with E-state index in [1.165, 1.54) is 29.8 Å². The van der Waals surface area contributed by atoms with E-state index in [0.717, 1.165) is 30.8 Å². The van der Waals surface area contributed by atoms with Crippen LogP contribution in [0.2, 0.25) is 0 Å². The Kier molecular flexibility index (Phi) is 3.52. The molecule has 0 aliphatic carbocycles. The average molecular weight is 309 g/mol. The number of hydrazine groups is 1. The summed E-state index contributed by atoms with van der Waals surface area (Å²) in [5.74, 6) is -0.181. The summed E-state index contributed by atoms with van der Waals surface area (Å²) in [4.78, 5) is 4.30. The fourth-order valence-electron chi connectivity index (χ4n) is 3.55. The zero-order valence-corrected chi connectivity index (χ0v) is 13.3. The molecule has 4 heteroatoms. The van der Waals surface area contributed by atoms with Crippen LogP contribution in [0.5, 0.6) is 0 Å². The van der Waals surface area contributed by atoms with Gasteiger partial charge in [0.25, 0.3) is 0 Å². The number of halogens is 1. The Labute approximate surface area is 136 Å². The first-order chi connectivity index (χ1) is 11.2. The number of aromatic nitrogens is 1. The maximum Gasteiger partial charge on any atom is 0.123 e. The smallest absolute Gasteiger partial charge is 0.123 e. The van der Waals surface area contributed by atoms with Crippen LogP contribution in [-0.2, 0) is 0 Å². The zero-order chi connectivity index (χ0) is 15.8. The van der Waals surface area contributed by atoms with Crippen LogP contribution in [0.1, 0.15) is 30.5 Å². The summed E-state index contributed by atoms with van der Waals surface area (Å²) in [6.45, 7) is 3.90. The third kappa shape index (κ3) is 2.58. The number of benzene rings is 1. The lowest BCUT2D eigenvalue weighted by Gasteiger charge is -2.36. The molecule has 0 N–H and O–H groups in total. The molecule has 1 saturated heterocycles. The lowest BCUT2D eigenvalue weighted by molar-refractivity contribution is 0.294. The first kappa shape index (κ1) is 14.2. The fraction of sp³-hybridized carbons (Fsp3) is 0.316. The maximum atomic E-state index is 13.2. The monoisotopic (exact) mass is 309 g/mol. The number of allylic oxidation sites excluding steroid dienone is 1. The Hall–Kier alpha value is -2.36. The van der Waals surface area contributed by atoms with Gasteiger partial charge in [-0.2, -0.15) is 0 Å². The van der Waals surface area contributed by atoms with Crippen LogP contribution in [0.25, 0.3) is 5.57 Å². The number of anilines is 1. The molecular formula is C19H20FN3. The van der Waals surface area contributed by atoms with Crippen molar-refractivity contribution in [1.82, 2.24) is 9.99 Å². The topological polar surface area (TPSA) is 19.4 Å². The van der Waals surface area contributed by atoms with Gasteiger partial charge in [-0.3, -0.25) is 15.0 Å². The van der Waals surface area contributed by atoms with Crippen LogP contribution in [0, 0.1) is 12.7 Å². The van der Waals surface area contributed by atoms with Crippen molar-refractivity contribution in [2.45, 2.75) is 26.2 Å². The van der Waals surface area contributed by atoms with E-state index >= 15 is 0 Å². The zero-order valence-electron chi connectivity index (χ0n) is 13.3. The molecule has 118 valence electrons. The Morgan fingerprint density at radius 1 is 1.04 bits per heavy atom. The number of nitrogens with zero attached hydrogens (tertiary/aromatic N) is 3. The summed E-state index contributed by atoms with van der Waals surface area (Å²) in [5, 5.41) is 4.73. The Bertz CT molecular complexity index is 751. The lowest BCUT2D eigenvalue weighted by Crippen LogP contribution is -2.40. The number of hydrogen-bond donors (Lipinski definition) is 0. The summed E-state index contributed by atoms with van der Waals surface area (Å²) in [6, 6.07) is 11.1. The summed E-state index contributed by atoms with van der Waals surface area (Å²) < 4.78 is 13.2. The highest BCUT2D eigenvalue weighted by molar-refractivity contribution is 5.76. The van der Waals surface area contributed by atoms with Crippen molar-refractivity contribution in [2.75, 3.05) is 18.1 Å². The Morgan fingerprint density at radius 3 is 2.65 bits per heavy atom. The molecule has 2 aliphatic heterocycles. The van der Waals surface area contributed by atoms with Crippen molar-refractivity contribution < 1.29 is 4.39 Å². The van der Waals surface area contributed by atoms with Crippen molar-refractivity contribution in [3.05, 3.63) is 65.4 Å². The molecule has 4 rings (SSSR count). The maximum absolute atomic E-state index is 13.2. The van der Waals surface area contributed by atoms with E-state index in [1.54, 1.807) is 12.1 Å². The quantitative estimate of drug-likeness (QED) is 0.830. The van der Waals surface area contributed by atoms with Gasteiger partial charge in [0.15, 0.2) is 0 Å². The van der Waals surface area contributed by atoms with Gasteiger partial charge in [-0.1, -0.05) is 12.1 Å². The Morgan fingerprint density at radius 2 is 1.87 bits per heavy atom. The molecule has 3 nitrogen and oxygen atoms in total. The fourth-order valence-corrected chi connectivity index (χ4v) is 3.55. The minimum Gasteiger partial charge on any atom is -0.289 e. The van der Waals surface area contributed by atoms with Gasteiger partial charge in [0.1, 0.15) is 5.82 Å². The van der Waals surface area contributed by atoms with E-state index in [9.17, 15) is 4.39 Å². The van der Waals surface area contributed by atoms with Crippen LogP contribution in [0.4, 0.5) is 10.1 Å². The highest BCUT2D eigenvalue weighted by atomic mass is 19.1. The van der Waals surface area contributed by atoms with E-state index in [0.29, 0.717) is 0 Å². The first-order valence-electron chi connectivity index (χ1n) is 8.18. The Balaban J connectivity index is 1.73. The first-order valence-corrected chi connectivity index (χ1v) is 8.18. The summed E-state index contributed by atoms with van der Waals surface area (Å²) in [6.07, 6.45) is 5.39. The average Bonchev–Trinajstić information content (AvgIpc) is 2.95. The minimum absolute atomic E-state index is 0.181. The molecule has 1 fully saturated rings. The van der Waals surface area contributed by atoms with Gasteiger partial charge in [-0.25, -0.2) is 4.39 Å². The van der Waals surface area contributed by atoms with Crippen molar-refractivity contribution in [1.29, 1.82) is 0 Å². The van der Waals surface area contributed by atoms with Gasteiger partial charge in [-0.05, 0) is 56.0 Å². The van der Waals surface area contributed by atoms with Crippen LogP contribution in [0.3, 0.4) is 0 Å². The summed E-state index contributed by atoms with van der Waals surface area (Å²) >= 11 is 0. The van der Waals surface area contributed by atoms with Crippen LogP contribution in [0.15, 0.2) is 48.3 Å². The van der Waals surface area contributed by atoms with E-state index in [2.05, 4.69) is 27.1 Å². The van der Waals surface area contributed by atoms with E-state index < -0.39 is 0 Å². The number of fused-ring (bicyclic) bond motifs is 1. The second kappa shape index (κ2) is 5.69. The molecule has 2 aromatic rings. The van der Waals surface area contributed by atoms with Crippen molar-refractivity contribution in [3.8, 4) is 0 Å². The number of rotatable bonds is 2. The number of pyridine rings is 1. The third-order valence-corrected chi connectivity index (χ3v) is 4.66. The molecule has 0 unspecified atom stereocenters. The van der Waals surface area contributed by atoms with Gasteiger partial charge in [0, 0.05) is 29.7 Å². The summed E-state index contributed by atoms with van der Waals surface area (Å²) in [7, 11) is 0. The highest BCUT2D eigenvalue weighted by Crippen LogP contribution is 2.38. The van der Waals surface area contributed by atoms with Gasteiger partial charge >= 0.3 is 0 Å². The molecule has 0 radical (unpaired) electrons. The predicted molar refractivity (Wildman–Crippen MR) is 90.2 cm³/mol. The molecular weight excluding hydrogens is 289 g/mol. The van der Waals surface area contributed by atoms with Crippen LogP contribution < -0.4 is 5.01 Å². The second-order valence-electron chi connectivity index (χ2n) is 6.23. The molecule has 0 saturated carbocycles. The van der Waals surface area contributed by atoms with Gasteiger partial charge in [0.2, 0.25) is 0 Å². The normalized spacial score (nSPS) is 17.7. The molecule has 1 aromatic heterocycles. The molecule has 0 amide bonds. The van der Waals surface area contributed by atoms with E-state index in [-0.39, 0.29) is 5.82 Å². The van der Waals surface area contributed by atoms with E-state index in [4.69, 9.17) is 0 Å². The van der Waals surface area contributed by atoms with Crippen LogP contribution in [-0.4, -0.2) is 23.1 Å². The van der Waals surface area contributed by atoms with Crippen LogP contribution >= 0.6 is 0 Å². The minimum atomic E-state index is -0.181. The van der Waals surface area contributed by atoms with Crippen molar-refractivity contribution in [3.63, 3.8) is 0 Å². The van der Waals surface area contributed by atoms with E-state index in [1.807, 2.05) is 25.3 Å².